The zero-order chi connectivity index (χ0) is 13.9. The molecule has 4 heteroatoms. The normalized spacial score (nSPS) is 16.1. The molecule has 0 radical (unpaired) electrons. The van der Waals surface area contributed by atoms with Gasteiger partial charge in [0.15, 0.2) is 4.67 Å². The molecule has 1 fully saturated rings. The van der Waals surface area contributed by atoms with E-state index in [1.54, 1.807) is 6.26 Å². The van der Waals surface area contributed by atoms with Gasteiger partial charge in [0, 0.05) is 5.56 Å². The Morgan fingerprint density at radius 2 is 2.05 bits per heavy atom. The van der Waals surface area contributed by atoms with Crippen molar-refractivity contribution < 1.29 is 9.15 Å². The number of halogens is 1. The van der Waals surface area contributed by atoms with Crippen LogP contribution in [0.15, 0.2) is 45.7 Å². The summed E-state index contributed by atoms with van der Waals surface area (Å²) in [5.74, 6) is 0.956. The van der Waals surface area contributed by atoms with Crippen LogP contribution in [0.2, 0.25) is 0 Å². The molecule has 3 nitrogen and oxygen atoms in total. The van der Waals surface area contributed by atoms with Crippen molar-refractivity contribution in [2.24, 2.45) is 0 Å². The number of furan rings is 1. The molecule has 20 heavy (non-hydrogen) atoms. The molecule has 0 spiro atoms. The van der Waals surface area contributed by atoms with E-state index >= 15 is 0 Å². The Bertz CT molecular complexity index is 560. The van der Waals surface area contributed by atoms with E-state index in [1.807, 2.05) is 18.2 Å². The summed E-state index contributed by atoms with van der Waals surface area (Å²) in [6.07, 6.45) is 4.51. The molecule has 1 atom stereocenters. The predicted octanol–water partition coefficient (Wildman–Crippen LogP) is 4.28. The van der Waals surface area contributed by atoms with Gasteiger partial charge < -0.3 is 14.5 Å². The van der Waals surface area contributed by atoms with E-state index in [2.05, 4.69) is 40.3 Å². The number of nitrogens with one attached hydrogen (secondary N) is 1. The van der Waals surface area contributed by atoms with Gasteiger partial charge in [-0.1, -0.05) is 19.1 Å². The highest BCUT2D eigenvalue weighted by Gasteiger charge is 2.23. The van der Waals surface area contributed by atoms with Crippen molar-refractivity contribution in [3.63, 3.8) is 0 Å². The van der Waals surface area contributed by atoms with Gasteiger partial charge in [0.2, 0.25) is 0 Å². The second kappa shape index (κ2) is 6.02. The van der Waals surface area contributed by atoms with E-state index in [1.165, 1.54) is 18.4 Å². The first-order chi connectivity index (χ1) is 9.78. The van der Waals surface area contributed by atoms with Crippen molar-refractivity contribution in [2.45, 2.75) is 31.9 Å². The smallest absolute Gasteiger partial charge is 0.174 e. The molecule has 0 amide bonds. The van der Waals surface area contributed by atoms with E-state index in [-0.39, 0.29) is 6.04 Å². The molecule has 0 bridgehead atoms. The van der Waals surface area contributed by atoms with Crippen LogP contribution in [0.1, 0.15) is 36.9 Å². The largest absolute Gasteiger partial charge is 0.490 e. The molecular formula is C16H18BrNO2. The van der Waals surface area contributed by atoms with Crippen molar-refractivity contribution in [1.82, 2.24) is 5.32 Å². The first-order valence-electron chi connectivity index (χ1n) is 7.01. The summed E-state index contributed by atoms with van der Waals surface area (Å²) in [5.41, 5.74) is 2.32. The number of rotatable bonds is 6. The maximum atomic E-state index is 5.79. The van der Waals surface area contributed by atoms with E-state index < -0.39 is 0 Å². The topological polar surface area (TPSA) is 34.4 Å². The van der Waals surface area contributed by atoms with E-state index in [0.717, 1.165) is 22.5 Å². The fraction of sp³-hybridized carbons (Fsp3) is 0.375. The molecule has 1 heterocycles. The Balaban J connectivity index is 1.81. The van der Waals surface area contributed by atoms with E-state index in [4.69, 9.17) is 9.15 Å². The Kier molecular flexibility index (Phi) is 4.13. The maximum Gasteiger partial charge on any atom is 0.174 e. The quantitative estimate of drug-likeness (QED) is 0.855. The van der Waals surface area contributed by atoms with Crippen molar-refractivity contribution in [2.75, 3.05) is 6.54 Å². The van der Waals surface area contributed by atoms with Crippen molar-refractivity contribution in [3.05, 3.63) is 52.4 Å². The van der Waals surface area contributed by atoms with E-state index in [0.29, 0.717) is 6.10 Å². The standard InChI is InChI=1S/C16H18BrNO2/c1-2-18-15(14-9-10-19-16(14)17)11-3-5-12(6-4-11)20-13-7-8-13/h3-6,9-10,13,15,18H,2,7-8H2,1H3. The molecule has 2 aromatic rings. The molecule has 1 aromatic carbocycles. The van der Waals surface area contributed by atoms with Crippen LogP contribution in [0.4, 0.5) is 0 Å². The second-order valence-electron chi connectivity index (χ2n) is 5.03. The summed E-state index contributed by atoms with van der Waals surface area (Å²) < 4.78 is 11.9. The minimum Gasteiger partial charge on any atom is -0.490 e. The molecule has 3 rings (SSSR count). The van der Waals surface area contributed by atoms with Crippen LogP contribution in [0.5, 0.6) is 5.75 Å². The van der Waals surface area contributed by atoms with Crippen molar-refractivity contribution in [1.29, 1.82) is 0 Å². The van der Waals surface area contributed by atoms with Crippen LogP contribution < -0.4 is 10.1 Å². The molecule has 1 aromatic heterocycles. The van der Waals surface area contributed by atoms with Crippen molar-refractivity contribution >= 4 is 15.9 Å². The first-order valence-corrected chi connectivity index (χ1v) is 7.80. The summed E-state index contributed by atoms with van der Waals surface area (Å²) in [6.45, 7) is 2.99. The highest BCUT2D eigenvalue weighted by molar-refractivity contribution is 9.10. The van der Waals surface area contributed by atoms with Gasteiger partial charge in [0.1, 0.15) is 5.75 Å². The molecule has 1 aliphatic rings. The fourth-order valence-electron chi connectivity index (χ4n) is 2.24. The van der Waals surface area contributed by atoms with Crippen LogP contribution >= 0.6 is 15.9 Å². The van der Waals surface area contributed by atoms with Crippen LogP contribution in [0.3, 0.4) is 0 Å². The van der Waals surface area contributed by atoms with Crippen LogP contribution in [0.25, 0.3) is 0 Å². The number of benzene rings is 1. The molecular weight excluding hydrogens is 318 g/mol. The van der Waals surface area contributed by atoms with Gasteiger partial charge >= 0.3 is 0 Å². The molecule has 0 saturated heterocycles. The van der Waals surface area contributed by atoms with Gasteiger partial charge in [-0.15, -0.1) is 0 Å². The highest BCUT2D eigenvalue weighted by atomic mass is 79.9. The lowest BCUT2D eigenvalue weighted by molar-refractivity contribution is 0.303. The molecule has 1 N–H and O–H groups in total. The second-order valence-corrected chi connectivity index (χ2v) is 5.75. The number of hydrogen-bond acceptors (Lipinski definition) is 3. The van der Waals surface area contributed by atoms with Gasteiger partial charge in [-0.3, -0.25) is 0 Å². The van der Waals surface area contributed by atoms with Crippen LogP contribution in [-0.2, 0) is 0 Å². The van der Waals surface area contributed by atoms with Crippen LogP contribution in [-0.4, -0.2) is 12.6 Å². The van der Waals surface area contributed by atoms with Gasteiger partial charge in [-0.2, -0.15) is 0 Å². The lowest BCUT2D eigenvalue weighted by atomic mass is 10.0. The van der Waals surface area contributed by atoms with Gasteiger partial charge in [-0.05, 0) is 59.1 Å². The maximum absolute atomic E-state index is 5.79. The van der Waals surface area contributed by atoms with E-state index in [9.17, 15) is 0 Å². The molecule has 1 aliphatic carbocycles. The SMILES string of the molecule is CCNC(c1ccc(OC2CC2)cc1)c1ccoc1Br. The van der Waals surface area contributed by atoms with Crippen molar-refractivity contribution in [3.8, 4) is 5.75 Å². The monoisotopic (exact) mass is 335 g/mol. The summed E-state index contributed by atoms with van der Waals surface area (Å²) in [4.78, 5) is 0. The number of ether oxygens (including phenoxy) is 1. The molecule has 106 valence electrons. The van der Waals surface area contributed by atoms with Gasteiger partial charge in [0.05, 0.1) is 18.4 Å². The molecule has 1 saturated carbocycles. The fourth-order valence-corrected chi connectivity index (χ4v) is 2.71. The lowest BCUT2D eigenvalue weighted by Gasteiger charge is -2.18. The number of hydrogen-bond donors (Lipinski definition) is 1. The lowest BCUT2D eigenvalue weighted by Crippen LogP contribution is -2.21. The predicted molar refractivity (Wildman–Crippen MR) is 82.0 cm³/mol. The Morgan fingerprint density at radius 1 is 1.30 bits per heavy atom. The zero-order valence-corrected chi connectivity index (χ0v) is 13.0. The minimum atomic E-state index is 0.128. The molecule has 0 aliphatic heterocycles. The van der Waals surface area contributed by atoms with Gasteiger partial charge in [0.25, 0.3) is 0 Å². The third-order valence-corrected chi connectivity index (χ3v) is 4.05. The third-order valence-electron chi connectivity index (χ3n) is 3.41. The summed E-state index contributed by atoms with van der Waals surface area (Å²) in [5, 5.41) is 3.48. The summed E-state index contributed by atoms with van der Waals surface area (Å²) >= 11 is 3.46. The Morgan fingerprint density at radius 3 is 2.60 bits per heavy atom. The zero-order valence-electron chi connectivity index (χ0n) is 11.4. The average Bonchev–Trinajstić information content (AvgIpc) is 3.17. The summed E-state index contributed by atoms with van der Waals surface area (Å²) in [7, 11) is 0. The van der Waals surface area contributed by atoms with Crippen LogP contribution in [0, 0.1) is 0 Å². The third kappa shape index (κ3) is 3.07. The average molecular weight is 336 g/mol. The minimum absolute atomic E-state index is 0.128. The highest BCUT2D eigenvalue weighted by Crippen LogP contribution is 2.31. The Labute approximate surface area is 127 Å². The molecule has 1 unspecified atom stereocenters. The Hall–Kier alpha value is -1.26. The summed E-state index contributed by atoms with van der Waals surface area (Å²) in [6, 6.07) is 10.4. The first kappa shape index (κ1) is 13.7. The van der Waals surface area contributed by atoms with Gasteiger partial charge in [-0.25, -0.2) is 0 Å².